The summed E-state index contributed by atoms with van der Waals surface area (Å²) in [5, 5.41) is 0. The van der Waals surface area contributed by atoms with Crippen LogP contribution in [0.25, 0.3) is 11.1 Å². The summed E-state index contributed by atoms with van der Waals surface area (Å²) in [6, 6.07) is 19.4. The highest BCUT2D eigenvalue weighted by Gasteiger charge is 2.44. The monoisotopic (exact) mass is 503 g/mol. The lowest BCUT2D eigenvalue weighted by Gasteiger charge is -2.47. The van der Waals surface area contributed by atoms with Gasteiger partial charge < -0.3 is 9.47 Å². The minimum Gasteiger partial charge on any atom is -0.448 e. The number of fused-ring (bicyclic) bond motifs is 5. The van der Waals surface area contributed by atoms with Gasteiger partial charge >= 0.3 is 6.09 Å². The van der Waals surface area contributed by atoms with Crippen molar-refractivity contribution in [3.8, 4) is 11.1 Å². The fraction of sp³-hybridized carbons (Fsp3) is 0.333. The van der Waals surface area contributed by atoms with Crippen LogP contribution in [-0.4, -0.2) is 48.7 Å². The van der Waals surface area contributed by atoms with Crippen molar-refractivity contribution in [1.82, 2.24) is 4.90 Å². The molecule has 3 aromatic carbocycles. The topological polar surface area (TPSA) is 55.8 Å². The van der Waals surface area contributed by atoms with Crippen LogP contribution in [0.2, 0.25) is 0 Å². The maximum Gasteiger partial charge on any atom is 0.410 e. The summed E-state index contributed by atoms with van der Waals surface area (Å²) < 4.78 is 38.4. The molecule has 3 aliphatic rings. The first-order chi connectivity index (χ1) is 18.0. The normalized spacial score (nSPS) is 22.3. The number of ketones is 1. The minimum absolute atomic E-state index is 0.0253. The molecule has 6 rings (SSSR count). The summed E-state index contributed by atoms with van der Waals surface area (Å²) >= 11 is 0. The first-order valence-electron chi connectivity index (χ1n) is 12.7. The lowest BCUT2D eigenvalue weighted by Crippen LogP contribution is -2.60. The average Bonchev–Trinajstić information content (AvgIpc) is 3.22. The highest BCUT2D eigenvalue weighted by molar-refractivity contribution is 5.84. The van der Waals surface area contributed by atoms with E-state index in [2.05, 4.69) is 24.3 Å². The van der Waals surface area contributed by atoms with Gasteiger partial charge in [-0.25, -0.2) is 13.6 Å². The Labute approximate surface area is 214 Å². The van der Waals surface area contributed by atoms with Gasteiger partial charge in [-0.2, -0.15) is 0 Å². The van der Waals surface area contributed by atoms with Crippen molar-refractivity contribution in [2.24, 2.45) is 5.92 Å². The third kappa shape index (κ3) is 4.42. The number of carbonyl (C=O) groups excluding carboxylic acids is 2. The summed E-state index contributed by atoms with van der Waals surface area (Å²) in [4.78, 5) is 28.1. The van der Waals surface area contributed by atoms with Crippen molar-refractivity contribution in [2.45, 2.75) is 37.3 Å². The molecule has 2 saturated heterocycles. The number of piperidine rings is 1. The number of hydrogen-bond acceptors (Lipinski definition) is 4. The Morgan fingerprint density at radius 3 is 2.11 bits per heavy atom. The lowest BCUT2D eigenvalue weighted by molar-refractivity contribution is -0.130. The quantitative estimate of drug-likeness (QED) is 0.461. The number of benzene rings is 3. The summed E-state index contributed by atoms with van der Waals surface area (Å²) in [5.74, 6) is -2.22. The standard InChI is InChI=1S/C30H27F2NO4/c31-27-10-9-18(11-28(27)32)12-29(34)19-13-20-15-36-16-21(14-19)33(20)30(35)37-17-26-24-7-3-1-5-22(24)23-6-2-4-8-25(23)26/h1-11,19-21,26H,12-17H2. The third-order valence-electron chi connectivity index (χ3n) is 7.89. The third-order valence-corrected chi connectivity index (χ3v) is 7.89. The van der Waals surface area contributed by atoms with E-state index in [1.54, 1.807) is 4.90 Å². The molecule has 7 heteroatoms. The molecule has 0 spiro atoms. The molecule has 0 aromatic heterocycles. The van der Waals surface area contributed by atoms with Gasteiger partial charge in [0.05, 0.1) is 25.3 Å². The number of morpholine rings is 1. The van der Waals surface area contributed by atoms with E-state index in [9.17, 15) is 18.4 Å². The minimum atomic E-state index is -0.958. The zero-order valence-corrected chi connectivity index (χ0v) is 20.2. The average molecular weight is 504 g/mol. The van der Waals surface area contributed by atoms with Crippen LogP contribution in [0, 0.1) is 17.6 Å². The van der Waals surface area contributed by atoms with E-state index in [0.717, 1.165) is 23.3 Å². The summed E-state index contributed by atoms with van der Waals surface area (Å²) in [7, 11) is 0. The number of Topliss-reactive ketones (excluding diaryl/α,β-unsaturated/α-hetero) is 1. The molecule has 2 aliphatic heterocycles. The van der Waals surface area contributed by atoms with E-state index in [1.807, 2.05) is 24.3 Å². The van der Waals surface area contributed by atoms with Crippen molar-refractivity contribution in [3.63, 3.8) is 0 Å². The van der Waals surface area contributed by atoms with Crippen molar-refractivity contribution in [1.29, 1.82) is 0 Å². The second-order valence-corrected chi connectivity index (χ2v) is 10.1. The Kier molecular flexibility index (Phi) is 6.24. The van der Waals surface area contributed by atoms with Crippen LogP contribution < -0.4 is 0 Å². The molecule has 1 amide bonds. The van der Waals surface area contributed by atoms with Crippen LogP contribution >= 0.6 is 0 Å². The van der Waals surface area contributed by atoms with Gasteiger partial charge in [0.15, 0.2) is 11.6 Å². The number of halogens is 2. The SMILES string of the molecule is O=C(Cc1ccc(F)c(F)c1)C1CC2COCC(C1)N2C(=O)OCC1c2ccccc2-c2ccccc21. The van der Waals surface area contributed by atoms with Crippen molar-refractivity contribution in [3.05, 3.63) is 95.1 Å². The summed E-state index contributed by atoms with van der Waals surface area (Å²) in [6.07, 6.45) is 0.575. The molecule has 2 bridgehead atoms. The summed E-state index contributed by atoms with van der Waals surface area (Å²) in [5.41, 5.74) is 5.10. The van der Waals surface area contributed by atoms with E-state index in [-0.39, 0.29) is 48.8 Å². The lowest BCUT2D eigenvalue weighted by atomic mass is 9.81. The second-order valence-electron chi connectivity index (χ2n) is 10.1. The van der Waals surface area contributed by atoms with Crippen LogP contribution in [0.15, 0.2) is 66.7 Å². The zero-order valence-electron chi connectivity index (χ0n) is 20.2. The molecule has 2 atom stereocenters. The Morgan fingerprint density at radius 2 is 1.49 bits per heavy atom. The van der Waals surface area contributed by atoms with Crippen molar-refractivity contribution >= 4 is 11.9 Å². The molecule has 2 unspecified atom stereocenters. The molecule has 0 N–H and O–H groups in total. The maximum absolute atomic E-state index is 13.6. The molecule has 3 aromatic rings. The molecule has 190 valence electrons. The molecule has 37 heavy (non-hydrogen) atoms. The van der Waals surface area contributed by atoms with Gasteiger partial charge in [-0.05, 0) is 52.8 Å². The molecule has 0 radical (unpaired) electrons. The van der Waals surface area contributed by atoms with E-state index in [4.69, 9.17) is 9.47 Å². The Hall–Kier alpha value is -3.58. The number of hydrogen-bond donors (Lipinski definition) is 0. The number of ether oxygens (including phenoxy) is 2. The van der Waals surface area contributed by atoms with Gasteiger partial charge in [-0.15, -0.1) is 0 Å². The zero-order chi connectivity index (χ0) is 25.5. The highest BCUT2D eigenvalue weighted by atomic mass is 19.2. The molecule has 0 saturated carbocycles. The van der Waals surface area contributed by atoms with Crippen LogP contribution in [-0.2, 0) is 20.7 Å². The first-order valence-corrected chi connectivity index (χ1v) is 12.7. The molecular weight excluding hydrogens is 476 g/mol. The molecular formula is C30H27F2NO4. The van der Waals surface area contributed by atoms with Crippen LogP contribution in [0.3, 0.4) is 0 Å². The first kappa shape index (κ1) is 23.8. The molecule has 2 fully saturated rings. The van der Waals surface area contributed by atoms with Gasteiger partial charge in [0.1, 0.15) is 12.4 Å². The van der Waals surface area contributed by atoms with E-state index >= 15 is 0 Å². The van der Waals surface area contributed by atoms with Gasteiger partial charge in [-0.3, -0.25) is 9.69 Å². The maximum atomic E-state index is 13.6. The predicted octanol–water partition coefficient (Wildman–Crippen LogP) is 5.50. The van der Waals surface area contributed by atoms with Crippen LogP contribution in [0.4, 0.5) is 13.6 Å². The number of amides is 1. The van der Waals surface area contributed by atoms with Gasteiger partial charge in [0.2, 0.25) is 0 Å². The highest BCUT2D eigenvalue weighted by Crippen LogP contribution is 2.44. The second kappa shape index (κ2) is 9.71. The largest absolute Gasteiger partial charge is 0.448 e. The van der Waals surface area contributed by atoms with Gasteiger partial charge in [-0.1, -0.05) is 54.6 Å². The molecule has 5 nitrogen and oxygen atoms in total. The molecule has 1 aliphatic carbocycles. The van der Waals surface area contributed by atoms with Crippen molar-refractivity contribution in [2.75, 3.05) is 19.8 Å². The van der Waals surface area contributed by atoms with E-state index in [0.29, 0.717) is 31.6 Å². The Bertz CT molecular complexity index is 1300. The van der Waals surface area contributed by atoms with E-state index < -0.39 is 11.6 Å². The number of carbonyl (C=O) groups is 2. The Morgan fingerprint density at radius 1 is 0.865 bits per heavy atom. The number of rotatable bonds is 5. The Balaban J connectivity index is 1.13. The summed E-state index contributed by atoms with van der Waals surface area (Å²) in [6.45, 7) is 0.924. The fourth-order valence-corrected chi connectivity index (χ4v) is 6.14. The fourth-order valence-electron chi connectivity index (χ4n) is 6.14. The predicted molar refractivity (Wildman–Crippen MR) is 133 cm³/mol. The van der Waals surface area contributed by atoms with Crippen LogP contribution in [0.1, 0.15) is 35.4 Å². The van der Waals surface area contributed by atoms with E-state index in [1.165, 1.54) is 17.2 Å². The van der Waals surface area contributed by atoms with Crippen LogP contribution in [0.5, 0.6) is 0 Å². The van der Waals surface area contributed by atoms with Gasteiger partial charge in [0, 0.05) is 18.3 Å². The smallest absolute Gasteiger partial charge is 0.410 e. The van der Waals surface area contributed by atoms with Crippen molar-refractivity contribution < 1.29 is 27.8 Å². The molecule has 2 heterocycles. The van der Waals surface area contributed by atoms with Gasteiger partial charge in [0.25, 0.3) is 0 Å². The number of nitrogens with zero attached hydrogens (tertiary/aromatic N) is 1.